The first-order valence-electron chi connectivity index (χ1n) is 6.41. The molecule has 0 saturated carbocycles. The van der Waals surface area contributed by atoms with E-state index in [0.717, 1.165) is 19.3 Å². The van der Waals surface area contributed by atoms with E-state index in [-0.39, 0.29) is 23.6 Å². The van der Waals surface area contributed by atoms with E-state index in [1.54, 1.807) is 4.90 Å². The molecule has 1 fully saturated rings. The van der Waals surface area contributed by atoms with Gasteiger partial charge in [0.25, 0.3) is 0 Å². The van der Waals surface area contributed by atoms with Gasteiger partial charge in [-0.15, -0.1) is 0 Å². The predicted octanol–water partition coefficient (Wildman–Crippen LogP) is 2.44. The van der Waals surface area contributed by atoms with E-state index in [0.29, 0.717) is 13.0 Å². The van der Waals surface area contributed by atoms with Gasteiger partial charge in [-0.3, -0.25) is 10.1 Å². The van der Waals surface area contributed by atoms with Gasteiger partial charge in [0, 0.05) is 23.9 Å². The first-order chi connectivity index (χ1) is 8.29. The van der Waals surface area contributed by atoms with Crippen molar-refractivity contribution < 1.29 is 14.5 Å². The Bertz CT molecular complexity index is 312. The van der Waals surface area contributed by atoms with E-state index in [1.807, 2.05) is 20.8 Å². The Hall–Kier alpha value is -1.33. The van der Waals surface area contributed by atoms with E-state index in [9.17, 15) is 14.9 Å². The van der Waals surface area contributed by atoms with Crippen LogP contribution in [0, 0.1) is 10.1 Å². The first-order valence-corrected chi connectivity index (χ1v) is 6.41. The second-order valence-corrected chi connectivity index (χ2v) is 5.67. The molecule has 1 heterocycles. The molecule has 0 radical (unpaired) electrons. The Kier molecular flexibility index (Phi) is 4.93. The summed E-state index contributed by atoms with van der Waals surface area (Å²) in [5, 5.41) is 10.4. The molecule has 0 aliphatic carbocycles. The van der Waals surface area contributed by atoms with Gasteiger partial charge in [-0.05, 0) is 40.0 Å². The molecular weight excluding hydrogens is 236 g/mol. The van der Waals surface area contributed by atoms with Gasteiger partial charge in [0.05, 0.1) is 0 Å². The van der Waals surface area contributed by atoms with E-state index in [1.165, 1.54) is 0 Å². The zero-order chi connectivity index (χ0) is 13.8. The minimum atomic E-state index is -0.526. The molecule has 104 valence electrons. The van der Waals surface area contributed by atoms with Gasteiger partial charge in [0.15, 0.2) is 0 Å². The predicted molar refractivity (Wildman–Crippen MR) is 67.1 cm³/mol. The number of rotatable bonds is 3. The fraction of sp³-hybridized carbons (Fsp3) is 0.917. The van der Waals surface area contributed by atoms with Gasteiger partial charge in [-0.25, -0.2) is 4.79 Å². The van der Waals surface area contributed by atoms with Gasteiger partial charge in [0.2, 0.25) is 6.54 Å². The van der Waals surface area contributed by atoms with Crippen LogP contribution in [0.1, 0.15) is 46.5 Å². The fourth-order valence-electron chi connectivity index (χ4n) is 2.12. The summed E-state index contributed by atoms with van der Waals surface area (Å²) in [7, 11) is 0. The lowest BCUT2D eigenvalue weighted by atomic mass is 10.00. The van der Waals surface area contributed by atoms with Crippen LogP contribution >= 0.6 is 0 Å². The number of nitrogens with zero attached hydrogens (tertiary/aromatic N) is 2. The highest BCUT2D eigenvalue weighted by molar-refractivity contribution is 5.68. The lowest BCUT2D eigenvalue weighted by Crippen LogP contribution is -2.46. The summed E-state index contributed by atoms with van der Waals surface area (Å²) in [5.74, 6) is 0. The number of amides is 1. The van der Waals surface area contributed by atoms with E-state index in [2.05, 4.69) is 0 Å². The standard InChI is InChI=1S/C12H22N2O4/c1-12(2,3)18-11(15)13-8-5-4-6-10(13)7-9-14(16)17/h10H,4-9H2,1-3H3. The molecule has 1 saturated heterocycles. The third kappa shape index (κ3) is 4.89. The van der Waals surface area contributed by atoms with Crippen LogP contribution in [0.2, 0.25) is 0 Å². The molecule has 1 unspecified atom stereocenters. The second kappa shape index (κ2) is 6.02. The summed E-state index contributed by atoms with van der Waals surface area (Å²) in [6, 6.07) is -0.0565. The number of carbonyl (C=O) groups excluding carboxylic acids is 1. The summed E-state index contributed by atoms with van der Waals surface area (Å²) < 4.78 is 5.33. The maximum atomic E-state index is 12.0. The SMILES string of the molecule is CC(C)(C)OC(=O)N1CCCCC1CC[N+](=O)[O-]. The van der Waals surface area contributed by atoms with Gasteiger partial charge >= 0.3 is 6.09 Å². The molecule has 0 aromatic carbocycles. The zero-order valence-corrected chi connectivity index (χ0v) is 11.3. The Morgan fingerprint density at radius 2 is 2.11 bits per heavy atom. The molecule has 6 nitrogen and oxygen atoms in total. The molecule has 0 aromatic heterocycles. The van der Waals surface area contributed by atoms with Crippen molar-refractivity contribution >= 4 is 6.09 Å². The van der Waals surface area contributed by atoms with Gasteiger partial charge in [0.1, 0.15) is 5.60 Å². The van der Waals surface area contributed by atoms with Crippen molar-refractivity contribution in [2.24, 2.45) is 0 Å². The number of nitro groups is 1. The summed E-state index contributed by atoms with van der Waals surface area (Å²) in [5.41, 5.74) is -0.526. The molecule has 6 heteroatoms. The normalized spacial score (nSPS) is 20.6. The second-order valence-electron chi connectivity index (χ2n) is 5.67. The topological polar surface area (TPSA) is 72.7 Å². The van der Waals surface area contributed by atoms with Crippen molar-refractivity contribution in [3.63, 3.8) is 0 Å². The minimum Gasteiger partial charge on any atom is -0.444 e. The van der Waals surface area contributed by atoms with Crippen molar-refractivity contribution in [2.45, 2.75) is 58.1 Å². The molecule has 1 amide bonds. The molecule has 0 aromatic rings. The summed E-state index contributed by atoms with van der Waals surface area (Å²) in [6.45, 7) is 6.00. The highest BCUT2D eigenvalue weighted by Gasteiger charge is 2.31. The van der Waals surface area contributed by atoms with Crippen molar-refractivity contribution in [1.82, 2.24) is 4.90 Å². The molecule has 0 bridgehead atoms. The smallest absolute Gasteiger partial charge is 0.410 e. The third-order valence-corrected chi connectivity index (χ3v) is 2.90. The van der Waals surface area contributed by atoms with Gasteiger partial charge < -0.3 is 9.64 Å². The number of hydrogen-bond acceptors (Lipinski definition) is 4. The lowest BCUT2D eigenvalue weighted by Gasteiger charge is -2.36. The van der Waals surface area contributed by atoms with Crippen LogP contribution in [0.5, 0.6) is 0 Å². The summed E-state index contributed by atoms with van der Waals surface area (Å²) in [4.78, 5) is 23.7. The number of carbonyl (C=O) groups is 1. The third-order valence-electron chi connectivity index (χ3n) is 2.90. The van der Waals surface area contributed by atoms with Crippen molar-refractivity contribution in [2.75, 3.05) is 13.1 Å². The zero-order valence-electron chi connectivity index (χ0n) is 11.3. The van der Waals surface area contributed by atoms with Crippen LogP contribution in [-0.4, -0.2) is 40.6 Å². The highest BCUT2D eigenvalue weighted by Crippen LogP contribution is 2.22. The summed E-state index contributed by atoms with van der Waals surface area (Å²) >= 11 is 0. The number of hydrogen-bond donors (Lipinski definition) is 0. The van der Waals surface area contributed by atoms with Crippen LogP contribution in [-0.2, 0) is 4.74 Å². The van der Waals surface area contributed by atoms with Crippen molar-refractivity contribution in [3.8, 4) is 0 Å². The van der Waals surface area contributed by atoms with Crippen LogP contribution in [0.15, 0.2) is 0 Å². The van der Waals surface area contributed by atoms with E-state index in [4.69, 9.17) is 4.74 Å². The molecule has 0 spiro atoms. The number of piperidine rings is 1. The first kappa shape index (κ1) is 14.7. The average molecular weight is 258 g/mol. The number of ether oxygens (including phenoxy) is 1. The molecule has 1 rings (SSSR count). The van der Waals surface area contributed by atoms with E-state index >= 15 is 0 Å². The number of likely N-dealkylation sites (tertiary alicyclic amines) is 1. The molecule has 1 aliphatic heterocycles. The summed E-state index contributed by atoms with van der Waals surface area (Å²) in [6.07, 6.45) is 2.84. The molecule has 1 atom stereocenters. The highest BCUT2D eigenvalue weighted by atomic mass is 16.6. The van der Waals surface area contributed by atoms with Crippen molar-refractivity contribution in [1.29, 1.82) is 0 Å². The van der Waals surface area contributed by atoms with Gasteiger partial charge in [-0.2, -0.15) is 0 Å². The molecule has 18 heavy (non-hydrogen) atoms. The van der Waals surface area contributed by atoms with Crippen LogP contribution < -0.4 is 0 Å². The van der Waals surface area contributed by atoms with Crippen LogP contribution in [0.4, 0.5) is 4.79 Å². The maximum Gasteiger partial charge on any atom is 0.410 e. The Labute approximate surface area is 107 Å². The Morgan fingerprint density at radius 1 is 1.44 bits per heavy atom. The van der Waals surface area contributed by atoms with Crippen LogP contribution in [0.3, 0.4) is 0 Å². The Balaban J connectivity index is 2.58. The van der Waals surface area contributed by atoms with Crippen LogP contribution in [0.25, 0.3) is 0 Å². The largest absolute Gasteiger partial charge is 0.444 e. The quantitative estimate of drug-likeness (QED) is 0.575. The maximum absolute atomic E-state index is 12.0. The Morgan fingerprint density at radius 3 is 2.67 bits per heavy atom. The van der Waals surface area contributed by atoms with E-state index < -0.39 is 5.60 Å². The van der Waals surface area contributed by atoms with Gasteiger partial charge in [-0.1, -0.05) is 0 Å². The molecule has 1 aliphatic rings. The lowest BCUT2D eigenvalue weighted by molar-refractivity contribution is -0.481. The fourth-order valence-corrected chi connectivity index (χ4v) is 2.12. The van der Waals surface area contributed by atoms with Crippen molar-refractivity contribution in [3.05, 3.63) is 10.1 Å². The monoisotopic (exact) mass is 258 g/mol. The minimum absolute atomic E-state index is 0.0565. The molecule has 0 N–H and O–H groups in total. The average Bonchev–Trinajstić information content (AvgIpc) is 2.24. The molecular formula is C12H22N2O4.